The van der Waals surface area contributed by atoms with Crippen molar-refractivity contribution in [2.75, 3.05) is 0 Å². The van der Waals surface area contributed by atoms with Crippen molar-refractivity contribution in [2.24, 2.45) is 0 Å². The van der Waals surface area contributed by atoms with Crippen LogP contribution in [0.15, 0.2) is 30.3 Å². The number of nitrogens with one attached hydrogen (secondary N) is 1. The molecule has 0 radical (unpaired) electrons. The molecule has 0 spiro atoms. The van der Waals surface area contributed by atoms with Gasteiger partial charge < -0.3 is 5.11 Å². The van der Waals surface area contributed by atoms with Crippen LogP contribution in [0.3, 0.4) is 0 Å². The Balaban J connectivity index is 1.88. The third kappa shape index (κ3) is 2.34. The molecule has 2 nitrogen and oxygen atoms in total. The van der Waals surface area contributed by atoms with E-state index in [0.29, 0.717) is 0 Å². The molecule has 2 rings (SSSR count). The van der Waals surface area contributed by atoms with E-state index in [0.717, 1.165) is 32.2 Å². The fraction of sp³-hybridized carbons (Fsp3) is 0.500. The van der Waals surface area contributed by atoms with Crippen molar-refractivity contribution in [3.05, 3.63) is 35.9 Å². The minimum absolute atomic E-state index is 0.601. The second kappa shape index (κ2) is 4.11. The summed E-state index contributed by atoms with van der Waals surface area (Å²) in [7, 11) is 0. The van der Waals surface area contributed by atoms with Gasteiger partial charge in [0.1, 0.15) is 5.72 Å². The van der Waals surface area contributed by atoms with Crippen LogP contribution in [0, 0.1) is 0 Å². The summed E-state index contributed by atoms with van der Waals surface area (Å²) in [5.74, 6) is 0. The van der Waals surface area contributed by atoms with Crippen molar-refractivity contribution in [1.82, 2.24) is 5.32 Å². The Hall–Kier alpha value is -0.860. The van der Waals surface area contributed by atoms with Crippen molar-refractivity contribution >= 4 is 0 Å². The van der Waals surface area contributed by atoms with E-state index in [-0.39, 0.29) is 0 Å². The van der Waals surface area contributed by atoms with Crippen LogP contribution in [0.5, 0.6) is 0 Å². The van der Waals surface area contributed by atoms with Crippen LogP contribution >= 0.6 is 0 Å². The van der Waals surface area contributed by atoms with Gasteiger partial charge in [0.2, 0.25) is 0 Å². The Morgan fingerprint density at radius 3 is 2.43 bits per heavy atom. The van der Waals surface area contributed by atoms with Crippen LogP contribution < -0.4 is 5.32 Å². The van der Waals surface area contributed by atoms with Crippen molar-refractivity contribution in [3.8, 4) is 0 Å². The molecular weight excluding hydrogens is 174 g/mol. The molecule has 0 unspecified atom stereocenters. The minimum Gasteiger partial charge on any atom is -0.376 e. The summed E-state index contributed by atoms with van der Waals surface area (Å²) < 4.78 is 0. The maximum Gasteiger partial charge on any atom is 0.116 e. The van der Waals surface area contributed by atoms with Crippen LogP contribution in [0.2, 0.25) is 0 Å². The van der Waals surface area contributed by atoms with E-state index in [1.807, 2.05) is 18.2 Å². The van der Waals surface area contributed by atoms with Gasteiger partial charge >= 0.3 is 0 Å². The zero-order valence-corrected chi connectivity index (χ0v) is 8.37. The second-order valence-electron chi connectivity index (χ2n) is 4.08. The molecule has 0 aliphatic heterocycles. The van der Waals surface area contributed by atoms with Gasteiger partial charge in [-0.05, 0) is 31.2 Å². The maximum atomic E-state index is 10.0. The number of hydrogen-bond donors (Lipinski definition) is 2. The summed E-state index contributed by atoms with van der Waals surface area (Å²) in [5.41, 5.74) is 0.628. The molecule has 0 amide bonds. The summed E-state index contributed by atoms with van der Waals surface area (Å²) in [6.07, 6.45) is 4.05. The molecule has 1 fully saturated rings. The number of hydrogen-bond acceptors (Lipinski definition) is 2. The molecule has 14 heavy (non-hydrogen) atoms. The fourth-order valence-corrected chi connectivity index (χ4v) is 2.00. The van der Waals surface area contributed by atoms with E-state index in [1.54, 1.807) is 0 Å². The van der Waals surface area contributed by atoms with Crippen LogP contribution in [0.4, 0.5) is 0 Å². The topological polar surface area (TPSA) is 32.3 Å². The molecule has 0 heterocycles. The van der Waals surface area contributed by atoms with Gasteiger partial charge in [0.25, 0.3) is 0 Å². The molecule has 76 valence electrons. The molecule has 0 atom stereocenters. The van der Waals surface area contributed by atoms with Gasteiger partial charge in [0.05, 0.1) is 0 Å². The van der Waals surface area contributed by atoms with E-state index in [9.17, 15) is 5.11 Å². The highest BCUT2D eigenvalue weighted by Crippen LogP contribution is 2.26. The lowest BCUT2D eigenvalue weighted by Gasteiger charge is -2.23. The SMILES string of the molecule is OC1(NCc2ccccc2)CCCC1. The predicted octanol–water partition coefficient (Wildman–Crippen LogP) is 2.04. The van der Waals surface area contributed by atoms with Crippen LogP contribution in [0.25, 0.3) is 0 Å². The molecule has 0 aromatic heterocycles. The van der Waals surface area contributed by atoms with Gasteiger partial charge in [-0.2, -0.15) is 0 Å². The molecule has 2 N–H and O–H groups in total. The average molecular weight is 191 g/mol. The number of aliphatic hydroxyl groups is 1. The van der Waals surface area contributed by atoms with Crippen molar-refractivity contribution < 1.29 is 5.11 Å². The summed E-state index contributed by atoms with van der Waals surface area (Å²) in [6.45, 7) is 0.761. The summed E-state index contributed by atoms with van der Waals surface area (Å²) in [5, 5.41) is 13.3. The Bertz CT molecular complexity index is 278. The zero-order chi connectivity index (χ0) is 9.86. The molecule has 1 aliphatic rings. The summed E-state index contributed by atoms with van der Waals surface area (Å²) in [4.78, 5) is 0. The van der Waals surface area contributed by atoms with Crippen LogP contribution in [0.1, 0.15) is 31.2 Å². The largest absolute Gasteiger partial charge is 0.376 e. The lowest BCUT2D eigenvalue weighted by atomic mass is 10.1. The Morgan fingerprint density at radius 1 is 1.14 bits per heavy atom. The van der Waals surface area contributed by atoms with Gasteiger partial charge in [-0.3, -0.25) is 5.32 Å². The van der Waals surface area contributed by atoms with Crippen molar-refractivity contribution in [1.29, 1.82) is 0 Å². The van der Waals surface area contributed by atoms with Crippen molar-refractivity contribution in [3.63, 3.8) is 0 Å². The molecule has 1 aromatic carbocycles. The van der Waals surface area contributed by atoms with Gasteiger partial charge in [0.15, 0.2) is 0 Å². The first-order valence-corrected chi connectivity index (χ1v) is 5.30. The molecular formula is C12H17NO. The van der Waals surface area contributed by atoms with E-state index in [4.69, 9.17) is 0 Å². The first-order chi connectivity index (χ1) is 6.79. The van der Waals surface area contributed by atoms with E-state index >= 15 is 0 Å². The first kappa shape index (κ1) is 9.69. The van der Waals surface area contributed by atoms with Gasteiger partial charge in [0, 0.05) is 6.54 Å². The summed E-state index contributed by atoms with van der Waals surface area (Å²) >= 11 is 0. The third-order valence-electron chi connectivity index (χ3n) is 2.90. The standard InChI is InChI=1S/C12H17NO/c14-12(8-4-5-9-12)13-10-11-6-2-1-3-7-11/h1-3,6-7,13-14H,4-5,8-10H2. The van der Waals surface area contributed by atoms with Crippen molar-refractivity contribution in [2.45, 2.75) is 38.0 Å². The lowest BCUT2D eigenvalue weighted by Crippen LogP contribution is -2.41. The fourth-order valence-electron chi connectivity index (χ4n) is 2.00. The second-order valence-corrected chi connectivity index (χ2v) is 4.08. The highest BCUT2D eigenvalue weighted by atomic mass is 16.3. The van der Waals surface area contributed by atoms with Crippen LogP contribution in [-0.4, -0.2) is 10.8 Å². The summed E-state index contributed by atoms with van der Waals surface area (Å²) in [6, 6.07) is 10.2. The zero-order valence-electron chi connectivity index (χ0n) is 8.37. The normalized spacial score (nSPS) is 19.8. The number of rotatable bonds is 3. The van der Waals surface area contributed by atoms with E-state index < -0.39 is 5.72 Å². The first-order valence-electron chi connectivity index (χ1n) is 5.30. The molecule has 1 aromatic rings. The van der Waals surface area contributed by atoms with Gasteiger partial charge in [-0.15, -0.1) is 0 Å². The lowest BCUT2D eigenvalue weighted by molar-refractivity contribution is 0.0104. The van der Waals surface area contributed by atoms with E-state index in [1.165, 1.54) is 5.56 Å². The molecule has 2 heteroatoms. The Morgan fingerprint density at radius 2 is 1.79 bits per heavy atom. The quantitative estimate of drug-likeness (QED) is 0.717. The highest BCUT2D eigenvalue weighted by molar-refractivity contribution is 5.14. The molecule has 0 saturated heterocycles. The molecule has 1 aliphatic carbocycles. The highest BCUT2D eigenvalue weighted by Gasteiger charge is 2.29. The average Bonchev–Trinajstić information content (AvgIpc) is 2.65. The van der Waals surface area contributed by atoms with Crippen LogP contribution in [-0.2, 0) is 6.54 Å². The molecule has 0 bridgehead atoms. The minimum atomic E-state index is -0.601. The smallest absolute Gasteiger partial charge is 0.116 e. The maximum absolute atomic E-state index is 10.0. The Kier molecular flexibility index (Phi) is 2.85. The molecule has 1 saturated carbocycles. The number of benzene rings is 1. The van der Waals surface area contributed by atoms with Gasteiger partial charge in [-0.25, -0.2) is 0 Å². The Labute approximate surface area is 85.0 Å². The van der Waals surface area contributed by atoms with Gasteiger partial charge in [-0.1, -0.05) is 30.3 Å². The predicted molar refractivity (Wildman–Crippen MR) is 56.7 cm³/mol. The monoisotopic (exact) mass is 191 g/mol. The third-order valence-corrected chi connectivity index (χ3v) is 2.90. The van der Waals surface area contributed by atoms with E-state index in [2.05, 4.69) is 17.4 Å².